The Hall–Kier alpha value is -1.98. The average Bonchev–Trinajstić information content (AvgIpc) is 3.08. The van der Waals surface area contributed by atoms with Crippen LogP contribution in [0.3, 0.4) is 0 Å². The van der Waals surface area contributed by atoms with E-state index in [1.807, 2.05) is 58.8 Å². The predicted molar refractivity (Wildman–Crippen MR) is 96.3 cm³/mol. The Labute approximate surface area is 147 Å². The molecule has 1 amide bonds. The number of halogens is 1. The van der Waals surface area contributed by atoms with Gasteiger partial charge in [-0.2, -0.15) is 11.3 Å². The van der Waals surface area contributed by atoms with Gasteiger partial charge in [-0.1, -0.05) is 22.0 Å². The van der Waals surface area contributed by atoms with Crippen LogP contribution >= 0.6 is 27.3 Å². The van der Waals surface area contributed by atoms with Gasteiger partial charge in [-0.05, 0) is 58.8 Å². The normalized spacial score (nSPS) is 10.5. The van der Waals surface area contributed by atoms with Gasteiger partial charge < -0.3 is 4.90 Å². The van der Waals surface area contributed by atoms with Gasteiger partial charge in [0.2, 0.25) is 0 Å². The van der Waals surface area contributed by atoms with E-state index in [2.05, 4.69) is 26.3 Å². The van der Waals surface area contributed by atoms with Crippen LogP contribution in [-0.4, -0.2) is 15.8 Å². The van der Waals surface area contributed by atoms with Crippen LogP contribution in [0.2, 0.25) is 0 Å². The van der Waals surface area contributed by atoms with E-state index in [9.17, 15) is 4.79 Å². The van der Waals surface area contributed by atoms with Crippen molar-refractivity contribution in [2.45, 2.75) is 13.1 Å². The topological polar surface area (TPSA) is 33.2 Å². The fourth-order valence-electron chi connectivity index (χ4n) is 2.26. The first kappa shape index (κ1) is 15.9. The lowest BCUT2D eigenvalue weighted by atomic mass is 10.1. The third kappa shape index (κ3) is 4.27. The number of hydrogen-bond donors (Lipinski definition) is 0. The molecule has 0 radical (unpaired) electrons. The summed E-state index contributed by atoms with van der Waals surface area (Å²) >= 11 is 5.04. The van der Waals surface area contributed by atoms with Crippen molar-refractivity contribution in [1.82, 2.24) is 9.88 Å². The van der Waals surface area contributed by atoms with Gasteiger partial charge in [0.25, 0.3) is 5.91 Å². The summed E-state index contributed by atoms with van der Waals surface area (Å²) in [7, 11) is 0. The third-order valence-electron chi connectivity index (χ3n) is 3.41. The van der Waals surface area contributed by atoms with Crippen molar-refractivity contribution in [3.63, 3.8) is 0 Å². The fraction of sp³-hybridized carbons (Fsp3) is 0.111. The van der Waals surface area contributed by atoms with Crippen LogP contribution in [0, 0.1) is 0 Å². The van der Waals surface area contributed by atoms with Crippen molar-refractivity contribution in [3.05, 3.63) is 86.8 Å². The second kappa shape index (κ2) is 7.53. The average molecular weight is 387 g/mol. The van der Waals surface area contributed by atoms with Crippen LogP contribution in [0.15, 0.2) is 70.0 Å². The first-order chi connectivity index (χ1) is 11.2. The highest BCUT2D eigenvalue weighted by atomic mass is 79.9. The fourth-order valence-corrected chi connectivity index (χ4v) is 3.19. The quantitative estimate of drug-likeness (QED) is 0.633. The first-order valence-corrected chi connectivity index (χ1v) is 8.92. The molecule has 0 bridgehead atoms. The number of nitrogens with zero attached hydrogens (tertiary/aromatic N) is 2. The molecule has 2 heterocycles. The molecule has 0 aliphatic heterocycles. The van der Waals surface area contributed by atoms with Crippen LogP contribution < -0.4 is 0 Å². The number of hydrogen-bond acceptors (Lipinski definition) is 3. The van der Waals surface area contributed by atoms with E-state index in [0.29, 0.717) is 18.7 Å². The van der Waals surface area contributed by atoms with Crippen LogP contribution in [0.25, 0.3) is 0 Å². The van der Waals surface area contributed by atoms with E-state index in [1.54, 1.807) is 17.5 Å². The Kier molecular flexibility index (Phi) is 5.20. The molecular weight excluding hydrogens is 372 g/mol. The smallest absolute Gasteiger partial charge is 0.254 e. The standard InChI is InChI=1S/C18H15BrN2OS/c19-16-6-4-15(5-7-16)18(22)21(11-14-8-10-23-13-14)12-17-3-1-2-9-20-17/h1-10,13H,11-12H2. The van der Waals surface area contributed by atoms with Gasteiger partial charge in [-0.25, -0.2) is 0 Å². The maximum atomic E-state index is 12.9. The molecule has 5 heteroatoms. The summed E-state index contributed by atoms with van der Waals surface area (Å²) in [5, 5.41) is 4.10. The maximum absolute atomic E-state index is 12.9. The number of benzene rings is 1. The second-order valence-corrected chi connectivity index (χ2v) is 6.82. The zero-order valence-electron chi connectivity index (χ0n) is 12.4. The summed E-state index contributed by atoms with van der Waals surface area (Å²) in [6, 6.07) is 15.3. The lowest BCUT2D eigenvalue weighted by Crippen LogP contribution is -2.30. The van der Waals surface area contributed by atoms with Gasteiger partial charge in [0.15, 0.2) is 0 Å². The van der Waals surface area contributed by atoms with Gasteiger partial charge in [0.1, 0.15) is 0 Å². The molecule has 3 nitrogen and oxygen atoms in total. The zero-order chi connectivity index (χ0) is 16.1. The highest BCUT2D eigenvalue weighted by Gasteiger charge is 2.17. The SMILES string of the molecule is O=C(c1ccc(Br)cc1)N(Cc1ccsc1)Cc1ccccn1. The molecule has 23 heavy (non-hydrogen) atoms. The number of pyridine rings is 1. The van der Waals surface area contributed by atoms with E-state index in [-0.39, 0.29) is 5.91 Å². The summed E-state index contributed by atoms with van der Waals surface area (Å²) in [6.07, 6.45) is 1.75. The van der Waals surface area contributed by atoms with Gasteiger partial charge in [-0.3, -0.25) is 9.78 Å². The van der Waals surface area contributed by atoms with Crippen LogP contribution in [0.1, 0.15) is 21.6 Å². The molecule has 0 spiro atoms. The first-order valence-electron chi connectivity index (χ1n) is 7.18. The Bertz CT molecular complexity index is 757. The van der Waals surface area contributed by atoms with Gasteiger partial charge in [0, 0.05) is 22.8 Å². The van der Waals surface area contributed by atoms with E-state index in [4.69, 9.17) is 0 Å². The summed E-state index contributed by atoms with van der Waals surface area (Å²) < 4.78 is 0.961. The zero-order valence-corrected chi connectivity index (χ0v) is 14.8. The van der Waals surface area contributed by atoms with Crippen molar-refractivity contribution in [2.75, 3.05) is 0 Å². The monoisotopic (exact) mass is 386 g/mol. The molecule has 0 unspecified atom stereocenters. The highest BCUT2D eigenvalue weighted by molar-refractivity contribution is 9.10. The van der Waals surface area contributed by atoms with Gasteiger partial charge in [-0.15, -0.1) is 0 Å². The largest absolute Gasteiger partial charge is 0.328 e. The number of carbonyl (C=O) groups excluding carboxylic acids is 1. The minimum atomic E-state index is 0.00866. The molecule has 0 saturated heterocycles. The lowest BCUT2D eigenvalue weighted by molar-refractivity contribution is 0.0728. The van der Waals surface area contributed by atoms with E-state index >= 15 is 0 Å². The minimum Gasteiger partial charge on any atom is -0.328 e. The molecule has 0 saturated carbocycles. The van der Waals surface area contributed by atoms with Crippen molar-refractivity contribution in [3.8, 4) is 0 Å². The Morgan fingerprint density at radius 3 is 2.57 bits per heavy atom. The number of carbonyl (C=O) groups is 1. The van der Waals surface area contributed by atoms with Gasteiger partial charge in [0.05, 0.1) is 12.2 Å². The van der Waals surface area contributed by atoms with E-state index < -0.39 is 0 Å². The predicted octanol–water partition coefficient (Wildman–Crippen LogP) is 4.75. The lowest BCUT2D eigenvalue weighted by Gasteiger charge is -2.22. The van der Waals surface area contributed by atoms with E-state index in [0.717, 1.165) is 15.7 Å². The van der Waals surface area contributed by atoms with Crippen molar-refractivity contribution >= 4 is 33.2 Å². The Morgan fingerprint density at radius 2 is 1.91 bits per heavy atom. The number of rotatable bonds is 5. The summed E-state index contributed by atoms with van der Waals surface area (Å²) in [5.41, 5.74) is 2.70. The summed E-state index contributed by atoms with van der Waals surface area (Å²) in [6.45, 7) is 1.07. The van der Waals surface area contributed by atoms with Gasteiger partial charge >= 0.3 is 0 Å². The second-order valence-electron chi connectivity index (χ2n) is 5.12. The molecule has 3 aromatic rings. The molecule has 3 rings (SSSR count). The van der Waals surface area contributed by atoms with Crippen molar-refractivity contribution in [2.24, 2.45) is 0 Å². The number of thiophene rings is 1. The molecule has 0 N–H and O–H groups in total. The molecule has 1 aromatic carbocycles. The molecular formula is C18H15BrN2OS. The molecule has 0 aliphatic rings. The Morgan fingerprint density at radius 1 is 1.09 bits per heavy atom. The molecule has 116 valence electrons. The van der Waals surface area contributed by atoms with Crippen molar-refractivity contribution in [1.29, 1.82) is 0 Å². The van der Waals surface area contributed by atoms with Crippen LogP contribution in [-0.2, 0) is 13.1 Å². The molecule has 2 aromatic heterocycles. The van der Waals surface area contributed by atoms with Crippen LogP contribution in [0.5, 0.6) is 0 Å². The van der Waals surface area contributed by atoms with Crippen LogP contribution in [0.4, 0.5) is 0 Å². The molecule has 0 fully saturated rings. The maximum Gasteiger partial charge on any atom is 0.254 e. The number of amides is 1. The number of aromatic nitrogens is 1. The molecule has 0 aliphatic carbocycles. The highest BCUT2D eigenvalue weighted by Crippen LogP contribution is 2.17. The third-order valence-corrected chi connectivity index (χ3v) is 4.67. The summed E-state index contributed by atoms with van der Waals surface area (Å²) in [4.78, 5) is 19.0. The molecule has 0 atom stereocenters. The summed E-state index contributed by atoms with van der Waals surface area (Å²) in [5.74, 6) is 0.00866. The minimum absolute atomic E-state index is 0.00866. The Balaban J connectivity index is 1.84. The van der Waals surface area contributed by atoms with Crippen molar-refractivity contribution < 1.29 is 4.79 Å². The van der Waals surface area contributed by atoms with E-state index in [1.165, 1.54) is 0 Å².